The van der Waals surface area contributed by atoms with Crippen LogP contribution in [0.4, 0.5) is 0 Å². The highest BCUT2D eigenvalue weighted by atomic mass is 35.5. The van der Waals surface area contributed by atoms with Crippen LogP contribution < -0.4 is 0 Å². The molecule has 0 aliphatic heterocycles. The van der Waals surface area contributed by atoms with Crippen molar-refractivity contribution in [2.24, 2.45) is 0 Å². The summed E-state index contributed by atoms with van der Waals surface area (Å²) in [6, 6.07) is 11.9. The van der Waals surface area contributed by atoms with Crippen molar-refractivity contribution in [2.45, 2.75) is 12.3 Å². The van der Waals surface area contributed by atoms with Gasteiger partial charge in [0.05, 0.1) is 11.6 Å². The van der Waals surface area contributed by atoms with E-state index >= 15 is 0 Å². The van der Waals surface area contributed by atoms with Crippen molar-refractivity contribution >= 4 is 23.2 Å². The van der Waals surface area contributed by atoms with Crippen LogP contribution in [-0.4, -0.2) is 9.97 Å². The lowest BCUT2D eigenvalue weighted by Crippen LogP contribution is -1.98. The normalized spacial score (nSPS) is 10.4. The summed E-state index contributed by atoms with van der Waals surface area (Å²) in [6.07, 6.45) is 0.743. The molecule has 0 spiro atoms. The predicted molar refractivity (Wildman–Crippen MR) is 65.8 cm³/mol. The molecule has 0 saturated heterocycles. The SMILES string of the molecule is ClCc1nc(Cl)cc(Cc2ccccc2)n1. The van der Waals surface area contributed by atoms with Gasteiger partial charge < -0.3 is 0 Å². The summed E-state index contributed by atoms with van der Waals surface area (Å²) in [5.41, 5.74) is 2.08. The summed E-state index contributed by atoms with van der Waals surface area (Å²) in [4.78, 5) is 8.34. The van der Waals surface area contributed by atoms with E-state index in [1.165, 1.54) is 5.56 Å². The smallest absolute Gasteiger partial charge is 0.145 e. The summed E-state index contributed by atoms with van der Waals surface area (Å²) in [5, 5.41) is 0.441. The minimum atomic E-state index is 0.280. The van der Waals surface area contributed by atoms with Gasteiger partial charge in [-0.15, -0.1) is 11.6 Å². The lowest BCUT2D eigenvalue weighted by molar-refractivity contribution is 0.955. The second-order valence-electron chi connectivity index (χ2n) is 3.39. The molecule has 0 fully saturated rings. The van der Waals surface area contributed by atoms with Crippen molar-refractivity contribution < 1.29 is 0 Å². The summed E-state index contributed by atoms with van der Waals surface area (Å²) >= 11 is 11.6. The number of nitrogens with zero attached hydrogens (tertiary/aromatic N) is 2. The minimum Gasteiger partial charge on any atom is -0.236 e. The van der Waals surface area contributed by atoms with Gasteiger partial charge in [-0.1, -0.05) is 41.9 Å². The third-order valence-electron chi connectivity index (χ3n) is 2.14. The topological polar surface area (TPSA) is 25.8 Å². The molecule has 1 aromatic carbocycles. The molecule has 0 atom stereocenters. The molecular formula is C12H10Cl2N2. The van der Waals surface area contributed by atoms with Crippen molar-refractivity contribution in [2.75, 3.05) is 0 Å². The third-order valence-corrected chi connectivity index (χ3v) is 2.57. The van der Waals surface area contributed by atoms with E-state index in [4.69, 9.17) is 23.2 Å². The second-order valence-corrected chi connectivity index (χ2v) is 4.05. The van der Waals surface area contributed by atoms with Gasteiger partial charge in [-0.05, 0) is 11.6 Å². The lowest BCUT2D eigenvalue weighted by atomic mass is 10.1. The van der Waals surface area contributed by atoms with Crippen LogP contribution in [0, 0.1) is 0 Å². The molecule has 1 heterocycles. The first kappa shape index (κ1) is 11.4. The summed E-state index contributed by atoms with van der Waals surface area (Å²) < 4.78 is 0. The molecule has 1 aromatic heterocycles. The van der Waals surface area contributed by atoms with Gasteiger partial charge in [-0.3, -0.25) is 0 Å². The van der Waals surface area contributed by atoms with Crippen LogP contribution in [0.25, 0.3) is 0 Å². The van der Waals surface area contributed by atoms with Gasteiger partial charge in [-0.25, -0.2) is 9.97 Å². The van der Waals surface area contributed by atoms with Gasteiger partial charge in [0.25, 0.3) is 0 Å². The highest BCUT2D eigenvalue weighted by Gasteiger charge is 2.03. The van der Waals surface area contributed by atoms with Gasteiger partial charge in [0.15, 0.2) is 0 Å². The Morgan fingerprint density at radius 1 is 1.06 bits per heavy atom. The molecule has 16 heavy (non-hydrogen) atoms. The van der Waals surface area contributed by atoms with Gasteiger partial charge in [0.1, 0.15) is 11.0 Å². The zero-order valence-corrected chi connectivity index (χ0v) is 10.0. The fourth-order valence-corrected chi connectivity index (χ4v) is 1.81. The Hall–Kier alpha value is -1.12. The molecule has 82 valence electrons. The molecule has 2 rings (SSSR count). The molecule has 0 unspecified atom stereocenters. The molecule has 2 nitrogen and oxygen atoms in total. The fourth-order valence-electron chi connectivity index (χ4n) is 1.47. The fraction of sp³-hybridized carbons (Fsp3) is 0.167. The van der Waals surface area contributed by atoms with Crippen molar-refractivity contribution in [1.82, 2.24) is 9.97 Å². The maximum Gasteiger partial charge on any atom is 0.145 e. The molecular weight excluding hydrogens is 243 g/mol. The van der Waals surface area contributed by atoms with Crippen LogP contribution in [0.2, 0.25) is 5.15 Å². The Bertz CT molecular complexity index is 472. The summed E-state index contributed by atoms with van der Waals surface area (Å²) in [7, 11) is 0. The van der Waals surface area contributed by atoms with Crippen molar-refractivity contribution in [3.05, 3.63) is 58.6 Å². The van der Waals surface area contributed by atoms with E-state index in [0.29, 0.717) is 11.0 Å². The minimum absolute atomic E-state index is 0.280. The molecule has 2 aromatic rings. The number of aromatic nitrogens is 2. The Labute approximate surface area is 104 Å². The van der Waals surface area contributed by atoms with Crippen LogP contribution in [0.1, 0.15) is 17.1 Å². The molecule has 0 amide bonds. The van der Waals surface area contributed by atoms with Gasteiger partial charge in [-0.2, -0.15) is 0 Å². The highest BCUT2D eigenvalue weighted by Crippen LogP contribution is 2.12. The van der Waals surface area contributed by atoms with E-state index in [0.717, 1.165) is 12.1 Å². The first-order valence-corrected chi connectivity index (χ1v) is 5.81. The maximum atomic E-state index is 5.89. The number of hydrogen-bond donors (Lipinski definition) is 0. The monoisotopic (exact) mass is 252 g/mol. The number of rotatable bonds is 3. The van der Waals surface area contributed by atoms with Crippen LogP contribution in [-0.2, 0) is 12.3 Å². The van der Waals surface area contributed by atoms with Crippen LogP contribution in [0.5, 0.6) is 0 Å². The summed E-state index contributed by atoms with van der Waals surface area (Å²) in [5.74, 6) is 0.850. The maximum absolute atomic E-state index is 5.89. The van der Waals surface area contributed by atoms with E-state index in [-0.39, 0.29) is 5.88 Å². The Morgan fingerprint density at radius 3 is 2.50 bits per heavy atom. The first-order valence-electron chi connectivity index (χ1n) is 4.90. The second kappa shape index (κ2) is 5.28. The molecule has 0 N–H and O–H groups in total. The van der Waals surface area contributed by atoms with Gasteiger partial charge in [0.2, 0.25) is 0 Å². The van der Waals surface area contributed by atoms with Crippen LogP contribution >= 0.6 is 23.2 Å². The predicted octanol–water partition coefficient (Wildman–Crippen LogP) is 3.46. The van der Waals surface area contributed by atoms with E-state index in [9.17, 15) is 0 Å². The molecule has 0 saturated carbocycles. The van der Waals surface area contributed by atoms with Gasteiger partial charge >= 0.3 is 0 Å². The summed E-state index contributed by atoms with van der Waals surface area (Å²) in [6.45, 7) is 0. The van der Waals surface area contributed by atoms with Crippen LogP contribution in [0.3, 0.4) is 0 Å². The van der Waals surface area contributed by atoms with E-state index in [1.807, 2.05) is 18.2 Å². The lowest BCUT2D eigenvalue weighted by Gasteiger charge is -2.03. The Kier molecular flexibility index (Phi) is 3.75. The van der Waals surface area contributed by atoms with E-state index < -0.39 is 0 Å². The van der Waals surface area contributed by atoms with Crippen molar-refractivity contribution in [1.29, 1.82) is 0 Å². The number of halogens is 2. The number of alkyl halides is 1. The van der Waals surface area contributed by atoms with E-state index in [1.54, 1.807) is 6.07 Å². The quantitative estimate of drug-likeness (QED) is 0.618. The molecule has 0 aliphatic carbocycles. The van der Waals surface area contributed by atoms with Crippen molar-refractivity contribution in [3.8, 4) is 0 Å². The number of hydrogen-bond acceptors (Lipinski definition) is 2. The number of benzene rings is 1. The van der Waals surface area contributed by atoms with Gasteiger partial charge in [0, 0.05) is 6.42 Å². The zero-order valence-electron chi connectivity index (χ0n) is 8.53. The zero-order chi connectivity index (χ0) is 11.4. The average Bonchev–Trinajstić information content (AvgIpc) is 2.29. The third kappa shape index (κ3) is 2.94. The van der Waals surface area contributed by atoms with Crippen LogP contribution in [0.15, 0.2) is 36.4 Å². The highest BCUT2D eigenvalue weighted by molar-refractivity contribution is 6.29. The largest absolute Gasteiger partial charge is 0.236 e. The standard InChI is InChI=1S/C12H10Cl2N2/c13-8-12-15-10(7-11(14)16-12)6-9-4-2-1-3-5-9/h1-5,7H,6,8H2. The first-order chi connectivity index (χ1) is 7.78. The molecule has 0 aliphatic rings. The Morgan fingerprint density at radius 2 is 1.81 bits per heavy atom. The average molecular weight is 253 g/mol. The molecule has 0 radical (unpaired) electrons. The molecule has 0 bridgehead atoms. The Balaban J connectivity index is 2.24. The van der Waals surface area contributed by atoms with E-state index in [2.05, 4.69) is 22.1 Å². The van der Waals surface area contributed by atoms with Crippen molar-refractivity contribution in [3.63, 3.8) is 0 Å². The molecule has 4 heteroatoms.